The normalized spacial score (nSPS) is 17.6. The van der Waals surface area contributed by atoms with Gasteiger partial charge in [-0.15, -0.1) is 0 Å². The first kappa shape index (κ1) is 14.6. The standard InChI is InChI=1S/C14H14F3NO2/c1-20-12-8-10(14(15,16)17)4-5-11(12)13(18-9-19)6-2-3-7-13/h4-5,8H,2-3,6-7H2,1H3. The second-order valence-corrected chi connectivity index (χ2v) is 4.85. The summed E-state index contributed by atoms with van der Waals surface area (Å²) in [4.78, 5) is 14.5. The van der Waals surface area contributed by atoms with Crippen molar-refractivity contribution in [2.45, 2.75) is 37.4 Å². The summed E-state index contributed by atoms with van der Waals surface area (Å²) in [6, 6.07) is 3.31. The second-order valence-electron chi connectivity index (χ2n) is 4.85. The largest absolute Gasteiger partial charge is 0.496 e. The lowest BCUT2D eigenvalue weighted by Gasteiger charge is -2.25. The second kappa shape index (κ2) is 5.29. The van der Waals surface area contributed by atoms with Crippen LogP contribution in [-0.4, -0.2) is 13.2 Å². The number of halogens is 3. The van der Waals surface area contributed by atoms with Crippen molar-refractivity contribution in [1.29, 1.82) is 0 Å². The van der Waals surface area contributed by atoms with E-state index in [9.17, 15) is 18.0 Å². The lowest BCUT2D eigenvalue weighted by Crippen LogP contribution is -2.20. The van der Waals surface area contributed by atoms with Gasteiger partial charge in [0.05, 0.1) is 12.7 Å². The number of carbonyl (C=O) groups excluding carboxylic acids is 1. The average molecular weight is 285 g/mol. The maximum Gasteiger partial charge on any atom is 0.416 e. The first-order valence-electron chi connectivity index (χ1n) is 6.28. The minimum Gasteiger partial charge on any atom is -0.496 e. The maximum atomic E-state index is 12.7. The molecule has 20 heavy (non-hydrogen) atoms. The molecule has 0 bridgehead atoms. The van der Waals surface area contributed by atoms with Gasteiger partial charge in [0, 0.05) is 5.56 Å². The van der Waals surface area contributed by atoms with Crippen LogP contribution in [0.1, 0.15) is 36.8 Å². The Bertz CT molecular complexity index is 542. The molecule has 0 unspecified atom stereocenters. The molecule has 0 aromatic heterocycles. The molecular formula is C14H14F3NO2. The Morgan fingerprint density at radius 1 is 1.30 bits per heavy atom. The number of hydrogen-bond acceptors (Lipinski definition) is 3. The van der Waals surface area contributed by atoms with E-state index >= 15 is 0 Å². The first-order valence-corrected chi connectivity index (χ1v) is 6.28. The molecular weight excluding hydrogens is 271 g/mol. The highest BCUT2D eigenvalue weighted by Gasteiger charge is 2.39. The molecule has 0 radical (unpaired) electrons. The zero-order valence-electron chi connectivity index (χ0n) is 11.0. The molecule has 0 atom stereocenters. The van der Waals surface area contributed by atoms with E-state index in [1.807, 2.05) is 0 Å². The number of ether oxygens (including phenoxy) is 1. The molecule has 1 aliphatic rings. The zero-order valence-corrected chi connectivity index (χ0v) is 11.0. The van der Waals surface area contributed by atoms with Crippen molar-refractivity contribution in [2.75, 3.05) is 7.11 Å². The highest BCUT2D eigenvalue weighted by molar-refractivity contribution is 5.46. The van der Waals surface area contributed by atoms with E-state index in [2.05, 4.69) is 4.99 Å². The quantitative estimate of drug-likeness (QED) is 0.625. The summed E-state index contributed by atoms with van der Waals surface area (Å²) in [5.74, 6) is 0.112. The van der Waals surface area contributed by atoms with E-state index in [4.69, 9.17) is 4.74 Å². The maximum absolute atomic E-state index is 12.7. The number of rotatable bonds is 3. The number of isocyanates is 1. The number of nitrogens with zero attached hydrogens (tertiary/aromatic N) is 1. The molecule has 0 saturated heterocycles. The Kier molecular flexibility index (Phi) is 3.86. The van der Waals surface area contributed by atoms with Gasteiger partial charge >= 0.3 is 6.18 Å². The molecule has 0 N–H and O–H groups in total. The highest BCUT2D eigenvalue weighted by atomic mass is 19.4. The fraction of sp³-hybridized carbons (Fsp3) is 0.500. The summed E-state index contributed by atoms with van der Waals surface area (Å²) >= 11 is 0. The van der Waals surface area contributed by atoms with Crippen LogP contribution in [0.2, 0.25) is 0 Å². The lowest BCUT2D eigenvalue weighted by atomic mass is 9.87. The predicted molar refractivity (Wildman–Crippen MR) is 66.3 cm³/mol. The summed E-state index contributed by atoms with van der Waals surface area (Å²) in [5, 5.41) is 0. The van der Waals surface area contributed by atoms with Crippen molar-refractivity contribution in [1.82, 2.24) is 0 Å². The minimum atomic E-state index is -4.43. The van der Waals surface area contributed by atoms with Crippen LogP contribution in [0, 0.1) is 0 Å². The molecule has 1 saturated carbocycles. The van der Waals surface area contributed by atoms with Crippen molar-refractivity contribution in [3.63, 3.8) is 0 Å². The molecule has 0 heterocycles. The third-order valence-electron chi connectivity index (χ3n) is 3.72. The van der Waals surface area contributed by atoms with Crippen LogP contribution in [0.25, 0.3) is 0 Å². The van der Waals surface area contributed by atoms with Gasteiger partial charge < -0.3 is 4.74 Å². The molecule has 1 aliphatic carbocycles. The average Bonchev–Trinajstić information content (AvgIpc) is 2.87. The van der Waals surface area contributed by atoms with Crippen LogP contribution < -0.4 is 4.74 Å². The van der Waals surface area contributed by atoms with Crippen LogP contribution in [-0.2, 0) is 16.5 Å². The van der Waals surface area contributed by atoms with Crippen LogP contribution in [0.15, 0.2) is 23.2 Å². The Balaban J connectivity index is 2.54. The fourth-order valence-corrected chi connectivity index (χ4v) is 2.74. The Hall–Kier alpha value is -1.81. The molecule has 108 valence electrons. The molecule has 2 rings (SSSR count). The van der Waals surface area contributed by atoms with Gasteiger partial charge in [0.15, 0.2) is 0 Å². The molecule has 0 spiro atoms. The number of methoxy groups -OCH3 is 1. The van der Waals surface area contributed by atoms with Crippen LogP contribution in [0.5, 0.6) is 5.75 Å². The van der Waals surface area contributed by atoms with Gasteiger partial charge in [0.1, 0.15) is 11.3 Å². The summed E-state index contributed by atoms with van der Waals surface area (Å²) in [6.07, 6.45) is 0.0852. The summed E-state index contributed by atoms with van der Waals surface area (Å²) in [5.41, 5.74) is -1.05. The lowest BCUT2D eigenvalue weighted by molar-refractivity contribution is -0.137. The molecule has 3 nitrogen and oxygen atoms in total. The van der Waals surface area contributed by atoms with E-state index in [0.717, 1.165) is 25.0 Å². The molecule has 0 amide bonds. The Morgan fingerprint density at radius 3 is 2.45 bits per heavy atom. The zero-order chi connectivity index (χ0) is 14.8. The van der Waals surface area contributed by atoms with Crippen LogP contribution >= 0.6 is 0 Å². The smallest absolute Gasteiger partial charge is 0.416 e. The molecule has 1 aromatic rings. The number of alkyl halides is 3. The van der Waals surface area contributed by atoms with Gasteiger partial charge in [-0.25, -0.2) is 4.79 Å². The summed E-state index contributed by atoms with van der Waals surface area (Å²) < 4.78 is 43.2. The topological polar surface area (TPSA) is 38.7 Å². The van der Waals surface area contributed by atoms with Gasteiger partial charge in [-0.05, 0) is 25.0 Å². The number of hydrogen-bond donors (Lipinski definition) is 0. The van der Waals surface area contributed by atoms with Crippen molar-refractivity contribution < 1.29 is 22.7 Å². The molecule has 0 aliphatic heterocycles. The van der Waals surface area contributed by atoms with Crippen molar-refractivity contribution in [3.05, 3.63) is 29.3 Å². The molecule has 1 fully saturated rings. The SMILES string of the molecule is COc1cc(C(F)(F)F)ccc1C1(N=C=O)CCCC1. The highest BCUT2D eigenvalue weighted by Crippen LogP contribution is 2.46. The third-order valence-corrected chi connectivity index (χ3v) is 3.72. The van der Waals surface area contributed by atoms with E-state index in [1.165, 1.54) is 13.2 Å². The van der Waals surface area contributed by atoms with Crippen LogP contribution in [0.4, 0.5) is 13.2 Å². The van der Waals surface area contributed by atoms with Crippen molar-refractivity contribution in [2.24, 2.45) is 4.99 Å². The monoisotopic (exact) mass is 285 g/mol. The van der Waals surface area contributed by atoms with E-state index in [-0.39, 0.29) is 5.75 Å². The molecule has 1 aromatic carbocycles. The summed E-state index contributed by atoms with van der Waals surface area (Å²) in [7, 11) is 1.31. The predicted octanol–water partition coefficient (Wildman–Crippen LogP) is 3.82. The van der Waals surface area contributed by atoms with Crippen LogP contribution in [0.3, 0.4) is 0 Å². The van der Waals surface area contributed by atoms with E-state index in [0.29, 0.717) is 18.4 Å². The summed E-state index contributed by atoms with van der Waals surface area (Å²) in [6.45, 7) is 0. The van der Waals surface area contributed by atoms with Gasteiger partial charge in [0.25, 0.3) is 0 Å². The fourth-order valence-electron chi connectivity index (χ4n) is 2.74. The van der Waals surface area contributed by atoms with Gasteiger partial charge in [-0.1, -0.05) is 18.9 Å². The Labute approximate surface area is 114 Å². The number of aliphatic imine (C=N–C) groups is 1. The van der Waals surface area contributed by atoms with Gasteiger partial charge in [-0.2, -0.15) is 18.2 Å². The number of benzene rings is 1. The van der Waals surface area contributed by atoms with Gasteiger partial charge in [0.2, 0.25) is 6.08 Å². The molecule has 6 heteroatoms. The third kappa shape index (κ3) is 2.56. The van der Waals surface area contributed by atoms with Crippen molar-refractivity contribution in [3.8, 4) is 5.75 Å². The van der Waals surface area contributed by atoms with E-state index in [1.54, 1.807) is 6.08 Å². The minimum absolute atomic E-state index is 0.112. The van der Waals surface area contributed by atoms with Crippen molar-refractivity contribution >= 4 is 6.08 Å². The first-order chi connectivity index (χ1) is 9.43. The van der Waals surface area contributed by atoms with E-state index < -0.39 is 17.3 Å². The van der Waals surface area contributed by atoms with Gasteiger partial charge in [-0.3, -0.25) is 0 Å². The Morgan fingerprint density at radius 2 is 1.95 bits per heavy atom.